The molecule has 0 radical (unpaired) electrons. The number of halogens is 4. The Morgan fingerprint density at radius 3 is 2.68 bits per heavy atom. The van der Waals surface area contributed by atoms with Crippen molar-refractivity contribution in [2.24, 2.45) is 0 Å². The highest BCUT2D eigenvalue weighted by atomic mass is 35.5. The predicted molar refractivity (Wildman–Crippen MR) is 96.9 cm³/mol. The van der Waals surface area contributed by atoms with Crippen molar-refractivity contribution in [3.63, 3.8) is 0 Å². The number of nitrogen functional groups attached to an aromatic ring is 1. The fraction of sp³-hybridized carbons (Fsp3) is 0.389. The van der Waals surface area contributed by atoms with Crippen LogP contribution in [0.1, 0.15) is 43.0 Å². The maximum absolute atomic E-state index is 12.8. The summed E-state index contributed by atoms with van der Waals surface area (Å²) in [6.07, 6.45) is -2.31. The lowest BCUT2D eigenvalue weighted by molar-refractivity contribution is -0.143. The SMILES string of the molecule is CCCCCOC(=O)Cc1c(C#N)c(N)nn1-c1ccc(C(F)(F)F)cc1Cl. The lowest BCUT2D eigenvalue weighted by atomic mass is 10.1. The molecule has 150 valence electrons. The number of aromatic nitrogens is 2. The van der Waals surface area contributed by atoms with E-state index in [1.165, 1.54) is 0 Å². The number of nitrogens with two attached hydrogens (primary N) is 1. The van der Waals surface area contributed by atoms with Gasteiger partial charge in [-0.3, -0.25) is 4.79 Å². The van der Waals surface area contributed by atoms with Crippen LogP contribution in [0.5, 0.6) is 0 Å². The standard InChI is InChI=1S/C18H18ClF3N4O2/c1-2-3-4-7-28-16(27)9-15-12(10-23)17(24)25-26(15)14-6-5-11(8-13(14)19)18(20,21)22/h5-6,8H,2-4,7,9H2,1H3,(H2,24,25). The molecule has 0 aliphatic carbocycles. The van der Waals surface area contributed by atoms with E-state index >= 15 is 0 Å². The Labute approximate surface area is 164 Å². The second-order valence-electron chi connectivity index (χ2n) is 6.00. The number of alkyl halides is 3. The van der Waals surface area contributed by atoms with Crippen LogP contribution in [0, 0.1) is 11.3 Å². The minimum Gasteiger partial charge on any atom is -0.465 e. The van der Waals surface area contributed by atoms with E-state index in [0.29, 0.717) is 6.42 Å². The Kier molecular flexibility index (Phi) is 6.91. The highest BCUT2D eigenvalue weighted by molar-refractivity contribution is 6.32. The lowest BCUT2D eigenvalue weighted by Gasteiger charge is -2.12. The molecule has 1 heterocycles. The van der Waals surface area contributed by atoms with Gasteiger partial charge in [0, 0.05) is 0 Å². The Morgan fingerprint density at radius 1 is 1.39 bits per heavy atom. The van der Waals surface area contributed by atoms with Crippen LogP contribution in [0.25, 0.3) is 5.69 Å². The summed E-state index contributed by atoms with van der Waals surface area (Å²) in [4.78, 5) is 12.1. The van der Waals surface area contributed by atoms with Crippen LogP contribution in [0.15, 0.2) is 18.2 Å². The molecular weight excluding hydrogens is 397 g/mol. The van der Waals surface area contributed by atoms with Crippen LogP contribution >= 0.6 is 11.6 Å². The van der Waals surface area contributed by atoms with Gasteiger partial charge in [-0.15, -0.1) is 5.10 Å². The van der Waals surface area contributed by atoms with Crippen LogP contribution < -0.4 is 5.73 Å². The van der Waals surface area contributed by atoms with Crippen molar-refractivity contribution in [3.8, 4) is 11.8 Å². The molecule has 0 saturated carbocycles. The van der Waals surface area contributed by atoms with E-state index in [4.69, 9.17) is 22.1 Å². The number of esters is 1. The molecule has 1 aromatic heterocycles. The van der Waals surface area contributed by atoms with Gasteiger partial charge in [-0.1, -0.05) is 31.4 Å². The molecule has 0 fully saturated rings. The first-order valence-electron chi connectivity index (χ1n) is 8.49. The van der Waals surface area contributed by atoms with E-state index in [2.05, 4.69) is 5.10 Å². The van der Waals surface area contributed by atoms with Gasteiger partial charge in [0.25, 0.3) is 0 Å². The maximum atomic E-state index is 12.8. The van der Waals surface area contributed by atoms with Gasteiger partial charge in [-0.25, -0.2) is 4.68 Å². The van der Waals surface area contributed by atoms with Crippen LogP contribution in [0.2, 0.25) is 5.02 Å². The first kappa shape index (κ1) is 21.6. The van der Waals surface area contributed by atoms with E-state index in [1.54, 1.807) is 0 Å². The molecule has 2 aromatic rings. The molecule has 0 atom stereocenters. The fourth-order valence-electron chi connectivity index (χ4n) is 2.54. The number of nitriles is 1. The van der Waals surface area contributed by atoms with Crippen molar-refractivity contribution in [1.29, 1.82) is 5.26 Å². The molecule has 10 heteroatoms. The van der Waals surface area contributed by atoms with E-state index in [1.807, 2.05) is 13.0 Å². The first-order chi connectivity index (χ1) is 13.2. The Bertz CT molecular complexity index is 903. The number of hydrogen-bond donors (Lipinski definition) is 1. The third kappa shape index (κ3) is 4.95. The van der Waals surface area contributed by atoms with Crippen molar-refractivity contribution in [1.82, 2.24) is 9.78 Å². The number of unbranched alkanes of at least 4 members (excludes halogenated alkanes) is 2. The van der Waals surface area contributed by atoms with Crippen LogP contribution in [0.3, 0.4) is 0 Å². The van der Waals surface area contributed by atoms with Gasteiger partial charge in [0.05, 0.1) is 35.0 Å². The van der Waals surface area contributed by atoms with Crippen molar-refractivity contribution in [3.05, 3.63) is 40.0 Å². The van der Waals surface area contributed by atoms with Gasteiger partial charge in [-0.2, -0.15) is 18.4 Å². The molecule has 0 amide bonds. The third-order valence-electron chi connectivity index (χ3n) is 3.95. The Balaban J connectivity index is 2.36. The monoisotopic (exact) mass is 414 g/mol. The van der Waals surface area contributed by atoms with Crippen molar-refractivity contribution in [2.45, 2.75) is 38.8 Å². The summed E-state index contributed by atoms with van der Waals surface area (Å²) >= 11 is 6.00. The summed E-state index contributed by atoms with van der Waals surface area (Å²) in [5.74, 6) is -0.760. The summed E-state index contributed by atoms with van der Waals surface area (Å²) in [6, 6.07) is 4.53. The molecule has 0 saturated heterocycles. The Hall–Kier alpha value is -2.73. The van der Waals surface area contributed by atoms with Crippen molar-refractivity contribution < 1.29 is 22.7 Å². The maximum Gasteiger partial charge on any atom is 0.416 e. The molecule has 0 spiro atoms. The van der Waals surface area contributed by atoms with E-state index in [9.17, 15) is 23.2 Å². The van der Waals surface area contributed by atoms with Gasteiger partial charge in [-0.05, 0) is 24.6 Å². The van der Waals surface area contributed by atoms with E-state index < -0.39 is 17.7 Å². The highest BCUT2D eigenvalue weighted by Crippen LogP contribution is 2.34. The largest absolute Gasteiger partial charge is 0.465 e. The summed E-state index contributed by atoms with van der Waals surface area (Å²) in [5, 5.41) is 13.0. The van der Waals surface area contributed by atoms with Gasteiger partial charge < -0.3 is 10.5 Å². The summed E-state index contributed by atoms with van der Waals surface area (Å²) in [5.41, 5.74) is 4.90. The van der Waals surface area contributed by atoms with E-state index in [0.717, 1.165) is 35.7 Å². The molecule has 2 N–H and O–H groups in total. The number of hydrogen-bond acceptors (Lipinski definition) is 5. The minimum atomic E-state index is -4.56. The van der Waals surface area contributed by atoms with Gasteiger partial charge in [0.1, 0.15) is 11.6 Å². The fourth-order valence-corrected chi connectivity index (χ4v) is 2.80. The molecule has 0 bridgehead atoms. The average molecular weight is 415 g/mol. The summed E-state index contributed by atoms with van der Waals surface area (Å²) < 4.78 is 44.8. The first-order valence-corrected chi connectivity index (χ1v) is 8.87. The third-order valence-corrected chi connectivity index (χ3v) is 4.25. The number of carbonyl (C=O) groups is 1. The van der Waals surface area contributed by atoms with Gasteiger partial charge >= 0.3 is 12.1 Å². The summed E-state index contributed by atoms with van der Waals surface area (Å²) in [7, 11) is 0. The van der Waals surface area contributed by atoms with Crippen molar-refractivity contribution in [2.75, 3.05) is 12.3 Å². The van der Waals surface area contributed by atoms with Crippen LogP contribution in [-0.4, -0.2) is 22.4 Å². The topological polar surface area (TPSA) is 93.9 Å². The zero-order chi connectivity index (χ0) is 20.9. The average Bonchev–Trinajstić information content (AvgIpc) is 2.93. The van der Waals surface area contributed by atoms with E-state index in [-0.39, 0.29) is 40.8 Å². The zero-order valence-corrected chi connectivity index (χ0v) is 15.8. The number of rotatable bonds is 7. The quantitative estimate of drug-likeness (QED) is 0.539. The molecule has 6 nitrogen and oxygen atoms in total. The minimum absolute atomic E-state index is 0.0542. The predicted octanol–water partition coefficient (Wildman–Crippen LogP) is 4.27. The molecule has 28 heavy (non-hydrogen) atoms. The van der Waals surface area contributed by atoms with Gasteiger partial charge in [0.2, 0.25) is 0 Å². The number of ether oxygens (including phenoxy) is 1. The number of anilines is 1. The van der Waals surface area contributed by atoms with Gasteiger partial charge in [0.15, 0.2) is 5.82 Å². The smallest absolute Gasteiger partial charge is 0.416 e. The highest BCUT2D eigenvalue weighted by Gasteiger charge is 2.31. The van der Waals surface area contributed by atoms with Crippen molar-refractivity contribution >= 4 is 23.4 Å². The molecule has 0 aliphatic heterocycles. The van der Waals surface area contributed by atoms with Crippen LogP contribution in [0.4, 0.5) is 19.0 Å². The number of benzene rings is 1. The number of nitrogens with zero attached hydrogens (tertiary/aromatic N) is 3. The van der Waals surface area contributed by atoms with Crippen LogP contribution in [-0.2, 0) is 22.1 Å². The number of carbonyl (C=O) groups excluding carboxylic acids is 1. The second-order valence-corrected chi connectivity index (χ2v) is 6.41. The molecule has 0 unspecified atom stereocenters. The Morgan fingerprint density at radius 2 is 2.11 bits per heavy atom. The zero-order valence-electron chi connectivity index (χ0n) is 15.0. The molecule has 1 aromatic carbocycles. The summed E-state index contributed by atoms with van der Waals surface area (Å²) in [6.45, 7) is 2.25. The molecule has 2 rings (SSSR count). The molecule has 0 aliphatic rings. The second kappa shape index (κ2) is 8.97. The molecular formula is C18H18ClF3N4O2. The normalized spacial score (nSPS) is 11.3. The lowest BCUT2D eigenvalue weighted by Crippen LogP contribution is -2.14.